The van der Waals surface area contributed by atoms with Crippen molar-refractivity contribution in [3.63, 3.8) is 0 Å². The number of non-ortho nitro benzene ring substituents is 1. The number of carbonyl (C=O) groups excluding carboxylic acids is 6. The molecular weight excluding hydrogens is 652 g/mol. The van der Waals surface area contributed by atoms with Gasteiger partial charge in [0.15, 0.2) is 0 Å². The van der Waals surface area contributed by atoms with Crippen molar-refractivity contribution in [2.24, 2.45) is 11.7 Å². The highest BCUT2D eigenvalue weighted by atomic mass is 16.7. The van der Waals surface area contributed by atoms with Crippen molar-refractivity contribution in [1.82, 2.24) is 16.0 Å². The van der Waals surface area contributed by atoms with Crippen molar-refractivity contribution >= 4 is 47.1 Å². The summed E-state index contributed by atoms with van der Waals surface area (Å²) in [5.41, 5.74) is 5.93. The summed E-state index contributed by atoms with van der Waals surface area (Å²) in [6.45, 7) is 5.11. The molecule has 16 heteroatoms. The van der Waals surface area contributed by atoms with Crippen LogP contribution in [0.3, 0.4) is 0 Å². The third-order valence-electron chi connectivity index (χ3n) is 7.38. The Balaban J connectivity index is 1.96. The van der Waals surface area contributed by atoms with Gasteiger partial charge in [0.25, 0.3) is 5.69 Å². The molecule has 0 aromatic heterocycles. The Morgan fingerprint density at radius 2 is 1.48 bits per heavy atom. The number of benzene rings is 2. The van der Waals surface area contributed by atoms with E-state index in [-0.39, 0.29) is 55.0 Å². The molecule has 0 fully saturated rings. The van der Waals surface area contributed by atoms with Gasteiger partial charge >= 0.3 is 12.2 Å². The van der Waals surface area contributed by atoms with Gasteiger partial charge in [0.1, 0.15) is 30.2 Å². The number of nitro groups is 1. The predicted octanol–water partition coefficient (Wildman–Crippen LogP) is 4.25. The molecule has 0 unspecified atom stereocenters. The Hall–Kier alpha value is -5.54. The minimum atomic E-state index is -1.02. The van der Waals surface area contributed by atoms with E-state index in [1.54, 1.807) is 45.0 Å². The number of amides is 5. The van der Waals surface area contributed by atoms with E-state index >= 15 is 0 Å². The van der Waals surface area contributed by atoms with E-state index in [0.717, 1.165) is 19.3 Å². The molecule has 0 saturated heterocycles. The van der Waals surface area contributed by atoms with Crippen molar-refractivity contribution < 1.29 is 43.2 Å². The first-order valence-corrected chi connectivity index (χ1v) is 16.4. The molecule has 0 radical (unpaired) electrons. The third-order valence-corrected chi connectivity index (χ3v) is 7.38. The van der Waals surface area contributed by atoms with Gasteiger partial charge in [-0.25, -0.2) is 9.59 Å². The van der Waals surface area contributed by atoms with Gasteiger partial charge < -0.3 is 41.3 Å². The number of hydrogen-bond donors (Lipinski definition) is 5. The lowest BCUT2D eigenvalue weighted by molar-refractivity contribution is -0.384. The summed E-state index contributed by atoms with van der Waals surface area (Å²) < 4.78 is 10.1. The zero-order valence-electron chi connectivity index (χ0n) is 28.5. The zero-order valence-corrected chi connectivity index (χ0v) is 28.5. The monoisotopic (exact) mass is 698 g/mol. The SMILES string of the molecule is CC(=O)CCCCCCC(=O)N[C@H](C(=O)N[C@@H](CCCNC(N)=O)C(=O)Nc1ccc(COC(=O)Oc2ccc([N+](=O)[O-])cc2)cc1)C(C)C. The predicted molar refractivity (Wildman–Crippen MR) is 183 cm³/mol. The molecule has 16 nitrogen and oxygen atoms in total. The summed E-state index contributed by atoms with van der Waals surface area (Å²) in [5.74, 6) is -1.44. The van der Waals surface area contributed by atoms with E-state index in [1.165, 1.54) is 24.3 Å². The van der Waals surface area contributed by atoms with Crippen LogP contribution in [0.1, 0.15) is 77.7 Å². The highest BCUT2D eigenvalue weighted by Gasteiger charge is 2.28. The topological polar surface area (TPSA) is 238 Å². The number of nitrogens with zero attached hydrogens (tertiary/aromatic N) is 1. The van der Waals surface area contributed by atoms with Crippen molar-refractivity contribution in [2.75, 3.05) is 11.9 Å². The molecule has 0 aliphatic carbocycles. The fourth-order valence-corrected chi connectivity index (χ4v) is 4.66. The van der Waals surface area contributed by atoms with Gasteiger partial charge in [0.2, 0.25) is 17.7 Å². The number of unbranched alkanes of at least 4 members (excludes halogenated alkanes) is 3. The highest BCUT2D eigenvalue weighted by molar-refractivity contribution is 5.98. The van der Waals surface area contributed by atoms with Crippen LogP contribution in [0.2, 0.25) is 0 Å². The maximum absolute atomic E-state index is 13.3. The number of ketones is 1. The number of nitrogens with one attached hydrogen (secondary N) is 4. The maximum Gasteiger partial charge on any atom is 0.514 e. The summed E-state index contributed by atoms with van der Waals surface area (Å²) in [4.78, 5) is 83.7. The third kappa shape index (κ3) is 16.0. The number of nitrogens with two attached hydrogens (primary N) is 1. The maximum atomic E-state index is 13.3. The number of anilines is 1. The van der Waals surface area contributed by atoms with Crippen LogP contribution in [-0.4, -0.2) is 59.2 Å². The molecule has 2 rings (SSSR count). The second kappa shape index (κ2) is 21.4. The Morgan fingerprint density at radius 3 is 2.06 bits per heavy atom. The van der Waals surface area contributed by atoms with Crippen LogP contribution < -0.4 is 31.7 Å². The lowest BCUT2D eigenvalue weighted by Crippen LogP contribution is -2.54. The average Bonchev–Trinajstić information content (AvgIpc) is 3.06. The van der Waals surface area contributed by atoms with Crippen molar-refractivity contribution in [2.45, 2.75) is 90.8 Å². The fourth-order valence-electron chi connectivity index (χ4n) is 4.66. The number of rotatable bonds is 21. The number of Topliss-reactive ketones (excluding diaryl/α,β-unsaturated/α-hetero) is 1. The van der Waals surface area contributed by atoms with Crippen LogP contribution >= 0.6 is 0 Å². The van der Waals surface area contributed by atoms with Gasteiger partial charge in [0, 0.05) is 37.2 Å². The minimum Gasteiger partial charge on any atom is -0.429 e. The molecule has 50 heavy (non-hydrogen) atoms. The van der Waals surface area contributed by atoms with Crippen molar-refractivity contribution in [3.05, 3.63) is 64.2 Å². The fraction of sp³-hybridized carbons (Fsp3) is 0.471. The standard InChI is InChI=1S/C34H46N6O10/c1-22(2)30(39-29(42)11-7-5-4-6-9-23(3)41)32(44)38-28(10-8-20-36-33(35)45)31(43)37-25-14-12-24(13-15-25)21-49-34(46)50-27-18-16-26(17-19-27)40(47)48/h12-19,22,28,30H,4-11,20-21H2,1-3H3,(H,37,43)(H,38,44)(H,39,42)(H3,35,36,45)/t28-,30-/m0/s1. The molecule has 2 aromatic carbocycles. The molecule has 0 aliphatic heterocycles. The van der Waals surface area contributed by atoms with Crippen LogP contribution in [0.4, 0.5) is 21.0 Å². The van der Waals surface area contributed by atoms with E-state index in [9.17, 15) is 38.9 Å². The van der Waals surface area contributed by atoms with Crippen LogP contribution in [0, 0.1) is 16.0 Å². The lowest BCUT2D eigenvalue weighted by Gasteiger charge is -2.25. The van der Waals surface area contributed by atoms with E-state index < -0.39 is 41.0 Å². The molecule has 272 valence electrons. The Morgan fingerprint density at radius 1 is 0.840 bits per heavy atom. The minimum absolute atomic E-state index is 0.0708. The van der Waals surface area contributed by atoms with Crippen LogP contribution in [0.15, 0.2) is 48.5 Å². The molecule has 0 aliphatic rings. The number of hydrogen-bond acceptors (Lipinski definition) is 10. The Bertz CT molecular complexity index is 1460. The summed E-state index contributed by atoms with van der Waals surface area (Å²) in [5, 5.41) is 21.4. The van der Waals surface area contributed by atoms with E-state index in [0.29, 0.717) is 30.5 Å². The first-order valence-electron chi connectivity index (χ1n) is 16.4. The average molecular weight is 699 g/mol. The first-order chi connectivity index (χ1) is 23.7. The number of urea groups is 1. The molecule has 0 spiro atoms. The molecule has 6 N–H and O–H groups in total. The summed E-state index contributed by atoms with van der Waals surface area (Å²) in [6, 6.07) is 8.63. The van der Waals surface area contributed by atoms with Gasteiger partial charge in [-0.05, 0) is 68.4 Å². The summed E-state index contributed by atoms with van der Waals surface area (Å²) >= 11 is 0. The van der Waals surface area contributed by atoms with Crippen LogP contribution in [0.25, 0.3) is 0 Å². The Labute approximate surface area is 290 Å². The normalized spacial score (nSPS) is 11.8. The quantitative estimate of drug-likeness (QED) is 0.0408. The van der Waals surface area contributed by atoms with E-state index in [2.05, 4.69) is 21.3 Å². The first kappa shape index (κ1) is 40.6. The molecular formula is C34H46N6O10. The highest BCUT2D eigenvalue weighted by Crippen LogP contribution is 2.18. The second-order valence-corrected chi connectivity index (χ2v) is 12.0. The zero-order chi connectivity index (χ0) is 37.1. The summed E-state index contributed by atoms with van der Waals surface area (Å²) in [6.07, 6.45) is 3.20. The van der Waals surface area contributed by atoms with Gasteiger partial charge in [-0.3, -0.25) is 24.5 Å². The Kier molecular flexibility index (Phi) is 17.4. The summed E-state index contributed by atoms with van der Waals surface area (Å²) in [7, 11) is 0. The van der Waals surface area contributed by atoms with Crippen molar-refractivity contribution in [3.8, 4) is 5.75 Å². The van der Waals surface area contributed by atoms with Crippen LogP contribution in [-0.2, 0) is 30.5 Å². The second-order valence-electron chi connectivity index (χ2n) is 12.0. The van der Waals surface area contributed by atoms with Gasteiger partial charge in [0.05, 0.1) is 4.92 Å². The molecule has 2 aromatic rings. The molecule has 0 saturated carbocycles. The van der Waals surface area contributed by atoms with E-state index in [1.807, 2.05) is 0 Å². The molecule has 0 bridgehead atoms. The number of carbonyl (C=O) groups is 6. The number of ether oxygens (including phenoxy) is 2. The lowest BCUT2D eigenvalue weighted by atomic mass is 10.0. The number of nitro benzene ring substituents is 1. The van der Waals surface area contributed by atoms with Gasteiger partial charge in [-0.2, -0.15) is 0 Å². The molecule has 0 heterocycles. The van der Waals surface area contributed by atoms with E-state index in [4.69, 9.17) is 15.2 Å². The van der Waals surface area contributed by atoms with Crippen molar-refractivity contribution in [1.29, 1.82) is 0 Å². The molecule has 2 atom stereocenters. The van der Waals surface area contributed by atoms with Gasteiger partial charge in [-0.15, -0.1) is 0 Å². The van der Waals surface area contributed by atoms with Crippen LogP contribution in [0.5, 0.6) is 5.75 Å². The molecule has 5 amide bonds. The smallest absolute Gasteiger partial charge is 0.429 e. The number of primary amides is 1. The largest absolute Gasteiger partial charge is 0.514 e. The van der Waals surface area contributed by atoms with Gasteiger partial charge in [-0.1, -0.05) is 38.8 Å².